The van der Waals surface area contributed by atoms with E-state index in [0.717, 1.165) is 31.7 Å². The Morgan fingerprint density at radius 2 is 1.81 bits per heavy atom. The van der Waals surface area contributed by atoms with Crippen molar-refractivity contribution in [1.82, 2.24) is 10.2 Å². The topological polar surface area (TPSA) is 79.6 Å². The largest absolute Gasteiger partial charge is 0.468 e. The molecule has 0 spiro atoms. The summed E-state index contributed by atoms with van der Waals surface area (Å²) in [5.41, 5.74) is 0. The van der Waals surface area contributed by atoms with Crippen molar-refractivity contribution in [3.63, 3.8) is 0 Å². The van der Waals surface area contributed by atoms with E-state index in [-0.39, 0.29) is 29.0 Å². The highest BCUT2D eigenvalue weighted by molar-refractivity contribution is 7.91. The number of benzene rings is 1. The lowest BCUT2D eigenvalue weighted by molar-refractivity contribution is -0.121. The normalized spacial score (nSPS) is 16.7. The number of hydrogen-bond donors (Lipinski definition) is 1. The minimum atomic E-state index is -3.45. The number of nitrogens with zero attached hydrogens (tertiary/aromatic N) is 1. The van der Waals surface area contributed by atoms with Crippen LogP contribution in [0.4, 0.5) is 0 Å². The standard InChI is InChI=1S/C20H26N2O4S/c23-20(11-15-27(24,25)17-8-3-1-4-9-17)21-16-18(19-10-7-14-26-19)22-12-5-2-6-13-22/h1,3-4,7-10,14,18H,2,5-6,11-13,15-16H2,(H,21,23)/t18-/m0/s1. The van der Waals surface area contributed by atoms with E-state index in [2.05, 4.69) is 10.2 Å². The number of likely N-dealkylation sites (tertiary alicyclic amines) is 1. The van der Waals surface area contributed by atoms with Crippen LogP contribution in [0.2, 0.25) is 0 Å². The third kappa shape index (κ3) is 5.43. The van der Waals surface area contributed by atoms with Gasteiger partial charge in [0.2, 0.25) is 5.91 Å². The Hall–Kier alpha value is -2.12. The van der Waals surface area contributed by atoms with Crippen molar-refractivity contribution in [2.45, 2.75) is 36.6 Å². The molecule has 1 fully saturated rings. The van der Waals surface area contributed by atoms with Gasteiger partial charge in [-0.3, -0.25) is 9.69 Å². The first-order valence-electron chi connectivity index (χ1n) is 9.38. The van der Waals surface area contributed by atoms with Crippen molar-refractivity contribution in [2.75, 3.05) is 25.4 Å². The second-order valence-electron chi connectivity index (χ2n) is 6.81. The summed E-state index contributed by atoms with van der Waals surface area (Å²) in [4.78, 5) is 14.8. The minimum absolute atomic E-state index is 0.0185. The van der Waals surface area contributed by atoms with E-state index in [9.17, 15) is 13.2 Å². The maximum Gasteiger partial charge on any atom is 0.221 e. The van der Waals surface area contributed by atoms with Gasteiger partial charge in [0.1, 0.15) is 5.76 Å². The predicted octanol–water partition coefficient (Wildman–Crippen LogP) is 2.79. The number of furan rings is 1. The number of rotatable bonds is 8. The van der Waals surface area contributed by atoms with E-state index in [0.29, 0.717) is 6.54 Å². The van der Waals surface area contributed by atoms with Gasteiger partial charge in [0.15, 0.2) is 9.84 Å². The van der Waals surface area contributed by atoms with E-state index in [4.69, 9.17) is 4.42 Å². The van der Waals surface area contributed by atoms with Gasteiger partial charge in [-0.1, -0.05) is 24.6 Å². The van der Waals surface area contributed by atoms with Crippen LogP contribution in [0.15, 0.2) is 58.0 Å². The molecule has 146 valence electrons. The monoisotopic (exact) mass is 390 g/mol. The first kappa shape index (κ1) is 19.6. The molecule has 1 aromatic carbocycles. The molecule has 27 heavy (non-hydrogen) atoms. The maximum atomic E-state index is 12.3. The molecule has 0 unspecified atom stereocenters. The molecule has 1 aromatic heterocycles. The maximum absolute atomic E-state index is 12.3. The molecule has 0 radical (unpaired) electrons. The average molecular weight is 391 g/mol. The third-order valence-electron chi connectivity index (χ3n) is 4.90. The van der Waals surface area contributed by atoms with Crippen LogP contribution in [0.3, 0.4) is 0 Å². The van der Waals surface area contributed by atoms with Crippen molar-refractivity contribution in [3.05, 3.63) is 54.5 Å². The Bertz CT molecular complexity index is 813. The quantitative estimate of drug-likeness (QED) is 0.750. The fraction of sp³-hybridized carbons (Fsp3) is 0.450. The van der Waals surface area contributed by atoms with Crippen molar-refractivity contribution in [3.8, 4) is 0 Å². The van der Waals surface area contributed by atoms with Crippen molar-refractivity contribution in [1.29, 1.82) is 0 Å². The van der Waals surface area contributed by atoms with Gasteiger partial charge in [-0.2, -0.15) is 0 Å². The van der Waals surface area contributed by atoms with E-state index in [1.807, 2.05) is 12.1 Å². The Balaban J connectivity index is 1.55. The van der Waals surface area contributed by atoms with Crippen LogP contribution in [0.5, 0.6) is 0 Å². The van der Waals surface area contributed by atoms with Crippen molar-refractivity contribution < 1.29 is 17.6 Å². The lowest BCUT2D eigenvalue weighted by Gasteiger charge is -2.33. The fourth-order valence-corrected chi connectivity index (χ4v) is 4.65. The van der Waals surface area contributed by atoms with Crippen LogP contribution in [-0.4, -0.2) is 44.6 Å². The molecule has 1 aliphatic heterocycles. The highest BCUT2D eigenvalue weighted by atomic mass is 32.2. The van der Waals surface area contributed by atoms with Crippen molar-refractivity contribution >= 4 is 15.7 Å². The highest BCUT2D eigenvalue weighted by Gasteiger charge is 2.25. The van der Waals surface area contributed by atoms with Gasteiger partial charge < -0.3 is 9.73 Å². The van der Waals surface area contributed by atoms with E-state index < -0.39 is 9.84 Å². The zero-order valence-corrected chi connectivity index (χ0v) is 16.2. The van der Waals surface area contributed by atoms with Crippen LogP contribution in [-0.2, 0) is 14.6 Å². The molecule has 6 nitrogen and oxygen atoms in total. The minimum Gasteiger partial charge on any atom is -0.468 e. The Morgan fingerprint density at radius 3 is 2.48 bits per heavy atom. The van der Waals surface area contributed by atoms with Crippen LogP contribution < -0.4 is 5.32 Å². The van der Waals surface area contributed by atoms with Gasteiger partial charge in [0.05, 0.1) is 23.0 Å². The predicted molar refractivity (Wildman–Crippen MR) is 103 cm³/mol. The number of carbonyl (C=O) groups is 1. The highest BCUT2D eigenvalue weighted by Crippen LogP contribution is 2.24. The summed E-state index contributed by atoms with van der Waals surface area (Å²) >= 11 is 0. The third-order valence-corrected chi connectivity index (χ3v) is 6.63. The molecule has 0 saturated carbocycles. The number of sulfone groups is 1. The number of amides is 1. The molecule has 0 bridgehead atoms. The van der Waals surface area contributed by atoms with Gasteiger partial charge in [-0.15, -0.1) is 0 Å². The fourth-order valence-electron chi connectivity index (χ4n) is 3.39. The molecule has 1 amide bonds. The molecule has 2 heterocycles. The Kier molecular flexibility index (Phi) is 6.68. The van der Waals surface area contributed by atoms with E-state index in [1.54, 1.807) is 36.6 Å². The summed E-state index contributed by atoms with van der Waals surface area (Å²) < 4.78 is 30.2. The summed E-state index contributed by atoms with van der Waals surface area (Å²) in [6.45, 7) is 2.37. The van der Waals surface area contributed by atoms with Gasteiger partial charge in [-0.25, -0.2) is 8.42 Å². The van der Waals surface area contributed by atoms with E-state index >= 15 is 0 Å². The van der Waals surface area contributed by atoms with Gasteiger partial charge in [0.25, 0.3) is 0 Å². The zero-order chi connectivity index (χ0) is 19.1. The summed E-state index contributed by atoms with van der Waals surface area (Å²) in [7, 11) is -3.45. The van der Waals surface area contributed by atoms with Crippen LogP contribution >= 0.6 is 0 Å². The van der Waals surface area contributed by atoms with Gasteiger partial charge in [0, 0.05) is 13.0 Å². The Morgan fingerprint density at radius 1 is 1.07 bits per heavy atom. The second-order valence-corrected chi connectivity index (χ2v) is 8.92. The molecule has 1 saturated heterocycles. The molecule has 3 rings (SSSR count). The summed E-state index contributed by atoms with van der Waals surface area (Å²) in [6.07, 6.45) is 5.09. The smallest absolute Gasteiger partial charge is 0.221 e. The summed E-state index contributed by atoms with van der Waals surface area (Å²) in [5.74, 6) is 0.370. The number of hydrogen-bond acceptors (Lipinski definition) is 5. The van der Waals surface area contributed by atoms with Gasteiger partial charge >= 0.3 is 0 Å². The lowest BCUT2D eigenvalue weighted by Crippen LogP contribution is -2.40. The molecule has 1 atom stereocenters. The van der Waals surface area contributed by atoms with E-state index in [1.165, 1.54) is 6.42 Å². The van der Waals surface area contributed by atoms with Crippen molar-refractivity contribution in [2.24, 2.45) is 0 Å². The van der Waals surface area contributed by atoms with Crippen LogP contribution in [0, 0.1) is 0 Å². The second kappa shape index (κ2) is 9.19. The van der Waals surface area contributed by atoms with Gasteiger partial charge in [-0.05, 0) is 50.2 Å². The molecular formula is C20H26N2O4S. The zero-order valence-electron chi connectivity index (χ0n) is 15.3. The van der Waals surface area contributed by atoms with Crippen LogP contribution in [0.1, 0.15) is 37.5 Å². The molecule has 1 aliphatic rings. The first-order valence-corrected chi connectivity index (χ1v) is 11.0. The number of nitrogens with one attached hydrogen (secondary N) is 1. The Labute approximate surface area is 160 Å². The molecule has 2 aromatic rings. The number of piperidine rings is 1. The molecule has 7 heteroatoms. The molecule has 0 aliphatic carbocycles. The lowest BCUT2D eigenvalue weighted by atomic mass is 10.1. The molecule has 1 N–H and O–H groups in total. The number of carbonyl (C=O) groups excluding carboxylic acids is 1. The molecular weight excluding hydrogens is 364 g/mol. The summed E-state index contributed by atoms with van der Waals surface area (Å²) in [5, 5.41) is 2.89. The first-order chi connectivity index (χ1) is 13.1. The SMILES string of the molecule is O=C(CCS(=O)(=O)c1ccccc1)NC[C@@H](c1ccco1)N1CCCCC1. The average Bonchev–Trinajstić information content (AvgIpc) is 3.23. The van der Waals surface area contributed by atoms with Crippen LogP contribution in [0.25, 0.3) is 0 Å². The summed E-state index contributed by atoms with van der Waals surface area (Å²) in [6, 6.07) is 12.0.